The zero-order valence-corrected chi connectivity index (χ0v) is 9.51. The lowest BCUT2D eigenvalue weighted by atomic mass is 9.89. The second-order valence-corrected chi connectivity index (χ2v) is 4.82. The van der Waals surface area contributed by atoms with Gasteiger partial charge in [0.1, 0.15) is 0 Å². The summed E-state index contributed by atoms with van der Waals surface area (Å²) in [6.07, 6.45) is 1.46. The Morgan fingerprint density at radius 2 is 2.40 bits per heavy atom. The molecule has 82 valence electrons. The van der Waals surface area contributed by atoms with Crippen molar-refractivity contribution in [3.8, 4) is 0 Å². The first kappa shape index (κ1) is 10.6. The summed E-state index contributed by atoms with van der Waals surface area (Å²) in [4.78, 5) is 10.9. The third-order valence-corrected chi connectivity index (χ3v) is 3.90. The second-order valence-electron chi connectivity index (χ2n) is 4.08. The van der Waals surface area contributed by atoms with Gasteiger partial charge in [0, 0.05) is 6.04 Å². The topological polar surface area (TPSA) is 49.3 Å². The van der Waals surface area contributed by atoms with E-state index in [9.17, 15) is 4.79 Å². The molecule has 1 aliphatic rings. The van der Waals surface area contributed by atoms with E-state index in [4.69, 9.17) is 5.11 Å². The second kappa shape index (κ2) is 4.33. The van der Waals surface area contributed by atoms with Crippen molar-refractivity contribution in [1.29, 1.82) is 0 Å². The molecule has 2 N–H and O–H groups in total. The Hall–Kier alpha value is -0.870. The Morgan fingerprint density at radius 1 is 1.60 bits per heavy atom. The Morgan fingerprint density at radius 3 is 3.00 bits per heavy atom. The minimum Gasteiger partial charge on any atom is -0.481 e. The van der Waals surface area contributed by atoms with E-state index in [0.717, 1.165) is 13.0 Å². The SMILES string of the molecule is Cc1cscc1C1CC(C(=O)O)CCN1. The number of carboxylic acid groups (broad SMARTS) is 1. The van der Waals surface area contributed by atoms with Crippen LogP contribution < -0.4 is 5.32 Å². The van der Waals surface area contributed by atoms with Crippen LogP contribution >= 0.6 is 11.3 Å². The molecule has 1 saturated heterocycles. The Labute approximate surface area is 93.1 Å². The first-order valence-corrected chi connectivity index (χ1v) is 6.11. The van der Waals surface area contributed by atoms with E-state index in [1.807, 2.05) is 0 Å². The minimum atomic E-state index is -0.658. The summed E-state index contributed by atoms with van der Waals surface area (Å²) in [6, 6.07) is 0.228. The van der Waals surface area contributed by atoms with Crippen LogP contribution in [0.15, 0.2) is 10.8 Å². The normalized spacial score (nSPS) is 26.5. The van der Waals surface area contributed by atoms with Crippen molar-refractivity contribution in [3.63, 3.8) is 0 Å². The van der Waals surface area contributed by atoms with E-state index in [2.05, 4.69) is 23.0 Å². The first-order chi connectivity index (χ1) is 7.18. The zero-order valence-electron chi connectivity index (χ0n) is 8.69. The highest BCUT2D eigenvalue weighted by atomic mass is 32.1. The third kappa shape index (κ3) is 2.21. The van der Waals surface area contributed by atoms with Gasteiger partial charge in [-0.25, -0.2) is 0 Å². The molecule has 1 fully saturated rings. The summed E-state index contributed by atoms with van der Waals surface area (Å²) < 4.78 is 0. The maximum atomic E-state index is 10.9. The van der Waals surface area contributed by atoms with Crippen molar-refractivity contribution in [2.45, 2.75) is 25.8 Å². The van der Waals surface area contributed by atoms with E-state index >= 15 is 0 Å². The number of carbonyl (C=O) groups is 1. The van der Waals surface area contributed by atoms with Gasteiger partial charge < -0.3 is 10.4 Å². The van der Waals surface area contributed by atoms with Crippen LogP contribution in [0.25, 0.3) is 0 Å². The van der Waals surface area contributed by atoms with Gasteiger partial charge in [0.25, 0.3) is 0 Å². The van der Waals surface area contributed by atoms with E-state index in [1.165, 1.54) is 11.1 Å². The van der Waals surface area contributed by atoms with Crippen LogP contribution in [-0.2, 0) is 4.79 Å². The minimum absolute atomic E-state index is 0.185. The molecule has 0 aromatic carbocycles. The van der Waals surface area contributed by atoms with Crippen LogP contribution in [0.1, 0.15) is 30.0 Å². The fourth-order valence-corrected chi connectivity index (χ4v) is 3.01. The molecule has 1 aromatic rings. The average molecular weight is 225 g/mol. The van der Waals surface area contributed by atoms with Gasteiger partial charge in [-0.15, -0.1) is 0 Å². The number of carboxylic acids is 1. The predicted molar refractivity (Wildman–Crippen MR) is 60.2 cm³/mol. The Balaban J connectivity index is 2.11. The molecule has 3 nitrogen and oxygen atoms in total. The molecular formula is C11H15NO2S. The molecule has 0 bridgehead atoms. The van der Waals surface area contributed by atoms with Crippen LogP contribution in [-0.4, -0.2) is 17.6 Å². The molecular weight excluding hydrogens is 210 g/mol. The highest BCUT2D eigenvalue weighted by Gasteiger charge is 2.28. The first-order valence-electron chi connectivity index (χ1n) is 5.17. The summed E-state index contributed by atoms with van der Waals surface area (Å²) in [6.45, 7) is 2.88. The Bertz CT molecular complexity index is 361. The molecule has 2 rings (SSSR count). The molecule has 0 spiro atoms. The van der Waals surface area contributed by atoms with Crippen molar-refractivity contribution in [2.75, 3.05) is 6.54 Å². The number of thiophene rings is 1. The summed E-state index contributed by atoms with van der Waals surface area (Å²) in [5, 5.41) is 16.6. The van der Waals surface area contributed by atoms with Crippen LogP contribution in [0.2, 0.25) is 0 Å². The van der Waals surface area contributed by atoms with Crippen molar-refractivity contribution in [2.24, 2.45) is 5.92 Å². The van der Waals surface area contributed by atoms with E-state index in [0.29, 0.717) is 6.42 Å². The van der Waals surface area contributed by atoms with E-state index < -0.39 is 5.97 Å². The third-order valence-electron chi connectivity index (χ3n) is 3.02. The summed E-state index contributed by atoms with van der Waals surface area (Å²) >= 11 is 1.68. The largest absolute Gasteiger partial charge is 0.481 e. The quantitative estimate of drug-likeness (QED) is 0.811. The van der Waals surface area contributed by atoms with Gasteiger partial charge in [0.15, 0.2) is 0 Å². The molecule has 0 aliphatic carbocycles. The molecule has 1 aliphatic heterocycles. The molecule has 1 aromatic heterocycles. The van der Waals surface area contributed by atoms with E-state index in [-0.39, 0.29) is 12.0 Å². The zero-order chi connectivity index (χ0) is 10.8. The van der Waals surface area contributed by atoms with Crippen molar-refractivity contribution >= 4 is 17.3 Å². The standard InChI is InChI=1S/C11H15NO2S/c1-7-5-15-6-9(7)10-4-8(11(13)14)2-3-12-10/h5-6,8,10,12H,2-4H2,1H3,(H,13,14). The molecule has 0 saturated carbocycles. The highest BCUT2D eigenvalue weighted by Crippen LogP contribution is 2.30. The van der Waals surface area contributed by atoms with Crippen molar-refractivity contribution < 1.29 is 9.90 Å². The number of aryl methyl sites for hydroxylation is 1. The lowest BCUT2D eigenvalue weighted by molar-refractivity contribution is -0.143. The van der Waals surface area contributed by atoms with Gasteiger partial charge in [0.2, 0.25) is 0 Å². The lowest BCUT2D eigenvalue weighted by Crippen LogP contribution is -2.34. The molecule has 2 unspecified atom stereocenters. The van der Waals surface area contributed by atoms with E-state index in [1.54, 1.807) is 11.3 Å². The number of hydrogen-bond donors (Lipinski definition) is 2. The summed E-state index contributed by atoms with van der Waals surface area (Å²) in [5.74, 6) is -0.843. The van der Waals surface area contributed by atoms with Crippen LogP contribution in [0.4, 0.5) is 0 Å². The van der Waals surface area contributed by atoms with Crippen LogP contribution in [0.3, 0.4) is 0 Å². The summed E-state index contributed by atoms with van der Waals surface area (Å²) in [5.41, 5.74) is 2.54. The van der Waals surface area contributed by atoms with Crippen LogP contribution in [0, 0.1) is 12.8 Å². The van der Waals surface area contributed by atoms with Crippen LogP contribution in [0.5, 0.6) is 0 Å². The fraction of sp³-hybridized carbons (Fsp3) is 0.545. The molecule has 4 heteroatoms. The molecule has 2 atom stereocenters. The van der Waals surface area contributed by atoms with Gasteiger partial charge in [-0.2, -0.15) is 11.3 Å². The number of nitrogens with one attached hydrogen (secondary N) is 1. The predicted octanol–water partition coefficient (Wildman–Crippen LogP) is 2.18. The maximum Gasteiger partial charge on any atom is 0.306 e. The number of rotatable bonds is 2. The van der Waals surface area contributed by atoms with Crippen molar-refractivity contribution in [3.05, 3.63) is 21.9 Å². The number of piperidine rings is 1. The summed E-state index contributed by atoms with van der Waals surface area (Å²) in [7, 11) is 0. The monoisotopic (exact) mass is 225 g/mol. The molecule has 0 radical (unpaired) electrons. The molecule has 0 amide bonds. The lowest BCUT2D eigenvalue weighted by Gasteiger charge is -2.28. The molecule has 15 heavy (non-hydrogen) atoms. The smallest absolute Gasteiger partial charge is 0.306 e. The maximum absolute atomic E-state index is 10.9. The fourth-order valence-electron chi connectivity index (χ4n) is 2.11. The van der Waals surface area contributed by atoms with Gasteiger partial charge >= 0.3 is 5.97 Å². The Kier molecular flexibility index (Phi) is 3.07. The van der Waals surface area contributed by atoms with Gasteiger partial charge in [-0.05, 0) is 48.2 Å². The van der Waals surface area contributed by atoms with Crippen molar-refractivity contribution in [1.82, 2.24) is 5.32 Å². The highest BCUT2D eigenvalue weighted by molar-refractivity contribution is 7.08. The van der Waals surface area contributed by atoms with Gasteiger partial charge in [-0.3, -0.25) is 4.79 Å². The van der Waals surface area contributed by atoms with Gasteiger partial charge in [-0.1, -0.05) is 0 Å². The number of aliphatic carboxylic acids is 1. The van der Waals surface area contributed by atoms with Gasteiger partial charge in [0.05, 0.1) is 5.92 Å². The molecule has 2 heterocycles. The average Bonchev–Trinajstić information content (AvgIpc) is 2.64. The number of hydrogen-bond acceptors (Lipinski definition) is 3.